The van der Waals surface area contributed by atoms with Crippen LogP contribution in [-0.4, -0.2) is 40.5 Å². The lowest BCUT2D eigenvalue weighted by atomic mass is 10.0. The molecule has 0 aliphatic rings. The molecule has 0 aliphatic carbocycles. The highest BCUT2D eigenvalue weighted by atomic mass is 19.1. The smallest absolute Gasteiger partial charge is 0.326 e. The molecule has 0 saturated heterocycles. The number of carboxylic acid groups (broad SMARTS) is 1. The van der Waals surface area contributed by atoms with Crippen molar-refractivity contribution < 1.29 is 33.5 Å². The lowest BCUT2D eigenvalue weighted by Crippen LogP contribution is -2.44. The molecule has 0 unspecified atom stereocenters. The second kappa shape index (κ2) is 7.82. The molecule has 1 aromatic carbocycles. The molecule has 0 radical (unpaired) electrons. The van der Waals surface area contributed by atoms with Crippen LogP contribution in [-0.2, 0) is 25.5 Å². The molecule has 10 heteroatoms. The fraction of sp³-hybridized carbons (Fsp3) is 0.308. The van der Waals surface area contributed by atoms with Crippen molar-refractivity contribution in [3.63, 3.8) is 0 Å². The van der Waals surface area contributed by atoms with Gasteiger partial charge in [0.15, 0.2) is 6.61 Å². The van der Waals surface area contributed by atoms with Crippen molar-refractivity contribution in [1.29, 1.82) is 0 Å². The van der Waals surface area contributed by atoms with E-state index >= 15 is 0 Å². The van der Waals surface area contributed by atoms with Crippen molar-refractivity contribution in [1.82, 2.24) is 5.32 Å². The van der Waals surface area contributed by atoms with Crippen molar-refractivity contribution >= 4 is 23.5 Å². The SMILES string of the molecule is CC(=O)OCC(=O)N[C@H](Cc1ccc(F)c([N+](=O)[O-])c1)C(=O)O. The molecule has 1 rings (SSSR count). The predicted octanol–water partition coefficient (Wildman–Crippen LogP) is 0.409. The van der Waals surface area contributed by atoms with Crippen LogP contribution in [0.2, 0.25) is 0 Å². The zero-order valence-electron chi connectivity index (χ0n) is 11.9. The zero-order chi connectivity index (χ0) is 17.6. The molecule has 124 valence electrons. The molecular formula is C13H13FN2O7. The van der Waals surface area contributed by atoms with Gasteiger partial charge < -0.3 is 15.2 Å². The molecule has 9 nitrogen and oxygen atoms in total. The highest BCUT2D eigenvalue weighted by Gasteiger charge is 2.23. The fourth-order valence-electron chi connectivity index (χ4n) is 1.66. The Morgan fingerprint density at radius 3 is 2.61 bits per heavy atom. The highest BCUT2D eigenvalue weighted by molar-refractivity contribution is 5.85. The number of hydrogen-bond donors (Lipinski definition) is 2. The van der Waals surface area contributed by atoms with Crippen LogP contribution in [0.15, 0.2) is 18.2 Å². The van der Waals surface area contributed by atoms with E-state index in [2.05, 4.69) is 10.1 Å². The first kappa shape index (κ1) is 18.0. The number of nitrogens with zero attached hydrogens (tertiary/aromatic N) is 1. The summed E-state index contributed by atoms with van der Waals surface area (Å²) in [5, 5.41) is 21.8. The molecule has 2 N–H and O–H groups in total. The summed E-state index contributed by atoms with van der Waals surface area (Å²) in [5.41, 5.74) is -0.642. The van der Waals surface area contributed by atoms with E-state index in [1.807, 2.05) is 0 Å². The normalized spacial score (nSPS) is 11.4. The van der Waals surface area contributed by atoms with Crippen LogP contribution in [0.25, 0.3) is 0 Å². The van der Waals surface area contributed by atoms with Crippen LogP contribution in [0.1, 0.15) is 12.5 Å². The fourth-order valence-corrected chi connectivity index (χ4v) is 1.66. The molecule has 0 bridgehead atoms. The minimum absolute atomic E-state index is 0.151. The Bertz CT molecular complexity index is 647. The summed E-state index contributed by atoms with van der Waals surface area (Å²) in [5.74, 6) is -4.00. The van der Waals surface area contributed by atoms with Gasteiger partial charge in [-0.15, -0.1) is 0 Å². The molecule has 0 spiro atoms. The maximum atomic E-state index is 13.2. The zero-order valence-corrected chi connectivity index (χ0v) is 11.9. The molecule has 0 saturated carbocycles. The third-order valence-corrected chi connectivity index (χ3v) is 2.69. The van der Waals surface area contributed by atoms with Gasteiger partial charge in [0, 0.05) is 19.4 Å². The lowest BCUT2D eigenvalue weighted by molar-refractivity contribution is -0.387. The number of rotatable bonds is 7. The van der Waals surface area contributed by atoms with E-state index in [0.717, 1.165) is 19.1 Å². The first-order valence-corrected chi connectivity index (χ1v) is 6.29. The molecule has 0 heterocycles. The number of carbonyl (C=O) groups is 3. The number of nitrogens with one attached hydrogen (secondary N) is 1. The largest absolute Gasteiger partial charge is 0.480 e. The van der Waals surface area contributed by atoms with Gasteiger partial charge in [0.1, 0.15) is 6.04 Å². The molecule has 1 aromatic rings. The summed E-state index contributed by atoms with van der Waals surface area (Å²) < 4.78 is 17.6. The van der Waals surface area contributed by atoms with Crippen molar-refractivity contribution in [3.05, 3.63) is 39.7 Å². The van der Waals surface area contributed by atoms with E-state index in [1.54, 1.807) is 0 Å². The number of aliphatic carboxylic acids is 1. The number of carboxylic acids is 1. The maximum Gasteiger partial charge on any atom is 0.326 e. The van der Waals surface area contributed by atoms with E-state index in [4.69, 9.17) is 5.11 Å². The Morgan fingerprint density at radius 1 is 1.43 bits per heavy atom. The van der Waals surface area contributed by atoms with E-state index in [-0.39, 0.29) is 12.0 Å². The third kappa shape index (κ3) is 5.69. The summed E-state index contributed by atoms with van der Waals surface area (Å²) in [6.07, 6.45) is -0.303. The van der Waals surface area contributed by atoms with E-state index in [9.17, 15) is 28.9 Å². The van der Waals surface area contributed by atoms with Gasteiger partial charge >= 0.3 is 17.6 Å². The number of amides is 1. The van der Waals surface area contributed by atoms with Gasteiger partial charge in [-0.25, -0.2) is 4.79 Å². The van der Waals surface area contributed by atoms with E-state index < -0.39 is 46.9 Å². The van der Waals surface area contributed by atoms with Crippen LogP contribution in [0, 0.1) is 15.9 Å². The molecule has 0 aliphatic heterocycles. The van der Waals surface area contributed by atoms with E-state index in [1.165, 1.54) is 6.07 Å². The maximum absolute atomic E-state index is 13.2. The summed E-state index contributed by atoms with van der Waals surface area (Å²) in [6, 6.07) is 1.50. The van der Waals surface area contributed by atoms with Crippen molar-refractivity contribution in [2.75, 3.05) is 6.61 Å². The van der Waals surface area contributed by atoms with Crippen molar-refractivity contribution in [2.24, 2.45) is 0 Å². The van der Waals surface area contributed by atoms with Crippen LogP contribution in [0.4, 0.5) is 10.1 Å². The average molecular weight is 328 g/mol. The minimum Gasteiger partial charge on any atom is -0.480 e. The first-order valence-electron chi connectivity index (χ1n) is 6.29. The number of nitro groups is 1. The Kier molecular flexibility index (Phi) is 6.13. The van der Waals surface area contributed by atoms with Gasteiger partial charge in [0.2, 0.25) is 5.82 Å². The average Bonchev–Trinajstić information content (AvgIpc) is 2.45. The standard InChI is InChI=1S/C13H13FN2O7/c1-7(17)23-6-12(18)15-10(13(19)20)4-8-2-3-9(14)11(5-8)16(21)22/h2-3,5,10H,4,6H2,1H3,(H,15,18)(H,19,20)/t10-/m1/s1. The second-order valence-electron chi connectivity index (χ2n) is 4.49. The third-order valence-electron chi connectivity index (χ3n) is 2.69. The molecule has 0 fully saturated rings. The minimum atomic E-state index is -1.41. The topological polar surface area (TPSA) is 136 Å². The van der Waals surface area contributed by atoms with Crippen LogP contribution in [0.3, 0.4) is 0 Å². The Balaban J connectivity index is 2.82. The number of benzene rings is 1. The van der Waals surface area contributed by atoms with Gasteiger partial charge in [0.05, 0.1) is 4.92 Å². The molecule has 1 amide bonds. The molecular weight excluding hydrogens is 315 g/mol. The number of halogens is 1. The van der Waals surface area contributed by atoms with Gasteiger partial charge in [0.25, 0.3) is 5.91 Å². The highest BCUT2D eigenvalue weighted by Crippen LogP contribution is 2.19. The summed E-state index contributed by atoms with van der Waals surface area (Å²) in [7, 11) is 0. The van der Waals surface area contributed by atoms with Crippen molar-refractivity contribution in [2.45, 2.75) is 19.4 Å². The van der Waals surface area contributed by atoms with Crippen LogP contribution in [0.5, 0.6) is 0 Å². The number of carbonyl (C=O) groups excluding carboxylic acids is 2. The summed E-state index contributed by atoms with van der Waals surface area (Å²) in [4.78, 5) is 42.9. The predicted molar refractivity (Wildman–Crippen MR) is 73.0 cm³/mol. The molecule has 23 heavy (non-hydrogen) atoms. The Hall–Kier alpha value is -3.04. The van der Waals surface area contributed by atoms with E-state index in [0.29, 0.717) is 0 Å². The number of ether oxygens (including phenoxy) is 1. The number of hydrogen-bond acceptors (Lipinski definition) is 6. The number of esters is 1. The monoisotopic (exact) mass is 328 g/mol. The van der Waals surface area contributed by atoms with Gasteiger partial charge in [-0.05, 0) is 11.6 Å². The first-order chi connectivity index (χ1) is 10.7. The number of nitro benzene ring substituents is 1. The van der Waals surface area contributed by atoms with Crippen LogP contribution >= 0.6 is 0 Å². The lowest BCUT2D eigenvalue weighted by Gasteiger charge is -2.14. The summed E-state index contributed by atoms with van der Waals surface area (Å²) in [6.45, 7) is 0.433. The van der Waals surface area contributed by atoms with Crippen molar-refractivity contribution in [3.8, 4) is 0 Å². The summed E-state index contributed by atoms with van der Waals surface area (Å²) >= 11 is 0. The Labute approximate surface area is 129 Å². The van der Waals surface area contributed by atoms with Gasteiger partial charge in [-0.1, -0.05) is 6.07 Å². The second-order valence-corrected chi connectivity index (χ2v) is 4.49. The quantitative estimate of drug-likeness (QED) is 0.420. The van der Waals surface area contributed by atoms with Crippen LogP contribution < -0.4 is 5.32 Å². The Morgan fingerprint density at radius 2 is 2.09 bits per heavy atom. The van der Waals surface area contributed by atoms with Gasteiger partial charge in [-0.3, -0.25) is 19.7 Å². The molecule has 1 atom stereocenters. The van der Waals surface area contributed by atoms with Gasteiger partial charge in [-0.2, -0.15) is 4.39 Å². The molecule has 0 aromatic heterocycles.